The fraction of sp³-hybridized carbons (Fsp3) is 0.562. The van der Waals surface area contributed by atoms with Crippen molar-refractivity contribution in [2.75, 3.05) is 26.3 Å². The molecule has 1 amide bonds. The zero-order valence-corrected chi connectivity index (χ0v) is 12.6. The summed E-state index contributed by atoms with van der Waals surface area (Å²) in [6, 6.07) is 5.75. The summed E-state index contributed by atoms with van der Waals surface area (Å²) >= 11 is 0. The standard InChI is InChI=1S/C16H23FN2O3/c17-13-3-5-14(6-4-13)22-10-9-18-15(21)11-19-16(12-20)7-1-2-8-16/h3-6,19-20H,1-2,7-12H2,(H,18,21). The van der Waals surface area contributed by atoms with Crippen LogP contribution in [0.3, 0.4) is 0 Å². The van der Waals surface area contributed by atoms with Crippen molar-refractivity contribution in [3.8, 4) is 5.75 Å². The van der Waals surface area contributed by atoms with Gasteiger partial charge in [-0.2, -0.15) is 0 Å². The van der Waals surface area contributed by atoms with E-state index in [0.29, 0.717) is 18.9 Å². The number of carbonyl (C=O) groups excluding carboxylic acids is 1. The van der Waals surface area contributed by atoms with Crippen molar-refractivity contribution in [3.63, 3.8) is 0 Å². The quantitative estimate of drug-likeness (QED) is 0.631. The van der Waals surface area contributed by atoms with Crippen molar-refractivity contribution in [1.82, 2.24) is 10.6 Å². The molecule has 2 rings (SSSR count). The summed E-state index contributed by atoms with van der Waals surface area (Å²) in [4.78, 5) is 11.8. The number of rotatable bonds is 8. The summed E-state index contributed by atoms with van der Waals surface area (Å²) in [5.74, 6) is 0.137. The van der Waals surface area contributed by atoms with E-state index in [1.54, 1.807) is 12.1 Å². The zero-order chi connectivity index (χ0) is 15.8. The Morgan fingerprint density at radius 3 is 2.59 bits per heavy atom. The first-order valence-corrected chi connectivity index (χ1v) is 7.64. The van der Waals surface area contributed by atoms with Gasteiger partial charge in [-0.05, 0) is 37.1 Å². The molecule has 0 radical (unpaired) electrons. The number of hydrogen-bond donors (Lipinski definition) is 3. The molecule has 122 valence electrons. The van der Waals surface area contributed by atoms with Crippen LogP contribution in [0.1, 0.15) is 25.7 Å². The van der Waals surface area contributed by atoms with Gasteiger partial charge in [-0.1, -0.05) is 12.8 Å². The van der Waals surface area contributed by atoms with E-state index >= 15 is 0 Å². The van der Waals surface area contributed by atoms with Gasteiger partial charge in [-0.15, -0.1) is 0 Å². The molecule has 0 unspecified atom stereocenters. The van der Waals surface area contributed by atoms with Gasteiger partial charge in [0.1, 0.15) is 18.2 Å². The Labute approximate surface area is 129 Å². The molecule has 3 N–H and O–H groups in total. The van der Waals surface area contributed by atoms with Crippen LogP contribution in [0.4, 0.5) is 4.39 Å². The van der Waals surface area contributed by atoms with Gasteiger partial charge in [0.25, 0.3) is 0 Å². The first kappa shape index (κ1) is 16.7. The van der Waals surface area contributed by atoms with Gasteiger partial charge in [-0.3, -0.25) is 4.79 Å². The lowest BCUT2D eigenvalue weighted by molar-refractivity contribution is -0.120. The topological polar surface area (TPSA) is 70.6 Å². The summed E-state index contributed by atoms with van der Waals surface area (Å²) in [5.41, 5.74) is -0.290. The number of ether oxygens (including phenoxy) is 1. The van der Waals surface area contributed by atoms with E-state index in [2.05, 4.69) is 10.6 Å². The Bertz CT molecular complexity index is 473. The predicted octanol–water partition coefficient (Wildman–Crippen LogP) is 1.22. The minimum absolute atomic E-state index is 0.0635. The van der Waals surface area contributed by atoms with Crippen LogP contribution in [0.25, 0.3) is 0 Å². The minimum atomic E-state index is -0.309. The van der Waals surface area contributed by atoms with Crippen LogP contribution in [0, 0.1) is 5.82 Å². The van der Waals surface area contributed by atoms with Crippen LogP contribution in [0.2, 0.25) is 0 Å². The summed E-state index contributed by atoms with van der Waals surface area (Å²) in [7, 11) is 0. The van der Waals surface area contributed by atoms with Crippen molar-refractivity contribution in [2.24, 2.45) is 0 Å². The fourth-order valence-corrected chi connectivity index (χ4v) is 2.66. The number of hydrogen-bond acceptors (Lipinski definition) is 4. The Hall–Kier alpha value is -1.66. The molecule has 1 fully saturated rings. The highest BCUT2D eigenvalue weighted by atomic mass is 19.1. The molecule has 0 heterocycles. The van der Waals surface area contributed by atoms with E-state index in [4.69, 9.17) is 4.74 Å². The highest BCUT2D eigenvalue weighted by molar-refractivity contribution is 5.78. The molecule has 1 aromatic rings. The third kappa shape index (κ3) is 4.96. The second kappa shape index (κ2) is 8.10. The molecule has 22 heavy (non-hydrogen) atoms. The Balaban J connectivity index is 1.60. The lowest BCUT2D eigenvalue weighted by Gasteiger charge is -2.27. The van der Waals surface area contributed by atoms with Gasteiger partial charge < -0.3 is 20.5 Å². The first-order valence-electron chi connectivity index (χ1n) is 7.64. The molecular weight excluding hydrogens is 287 g/mol. The van der Waals surface area contributed by atoms with Crippen molar-refractivity contribution in [1.29, 1.82) is 0 Å². The molecule has 6 heteroatoms. The van der Waals surface area contributed by atoms with E-state index in [1.807, 2.05) is 0 Å². The highest BCUT2D eigenvalue weighted by Crippen LogP contribution is 2.28. The second-order valence-corrected chi connectivity index (χ2v) is 5.65. The van der Waals surface area contributed by atoms with Crippen LogP contribution >= 0.6 is 0 Å². The lowest BCUT2D eigenvalue weighted by atomic mass is 9.99. The van der Waals surface area contributed by atoms with Gasteiger partial charge in [0.2, 0.25) is 5.91 Å². The molecular formula is C16H23FN2O3. The molecule has 0 spiro atoms. The Morgan fingerprint density at radius 2 is 1.95 bits per heavy atom. The largest absolute Gasteiger partial charge is 0.492 e. The molecule has 0 atom stereocenters. The summed E-state index contributed by atoms with van der Waals surface area (Å²) in [6.45, 7) is 0.956. The smallest absolute Gasteiger partial charge is 0.234 e. The van der Waals surface area contributed by atoms with Crippen molar-refractivity contribution in [3.05, 3.63) is 30.1 Å². The molecule has 0 aliphatic heterocycles. The van der Waals surface area contributed by atoms with Crippen molar-refractivity contribution < 1.29 is 19.0 Å². The molecule has 0 bridgehead atoms. The van der Waals surface area contributed by atoms with Gasteiger partial charge in [0.05, 0.1) is 19.7 Å². The number of benzene rings is 1. The second-order valence-electron chi connectivity index (χ2n) is 5.65. The third-order valence-corrected chi connectivity index (χ3v) is 3.99. The first-order chi connectivity index (χ1) is 10.6. The maximum absolute atomic E-state index is 12.7. The summed E-state index contributed by atoms with van der Waals surface area (Å²) in [5, 5.41) is 15.4. The van der Waals surface area contributed by atoms with Crippen LogP contribution in [0.5, 0.6) is 5.75 Å². The maximum Gasteiger partial charge on any atom is 0.234 e. The van der Waals surface area contributed by atoms with Crippen LogP contribution in [-0.4, -0.2) is 42.9 Å². The van der Waals surface area contributed by atoms with E-state index in [-0.39, 0.29) is 30.4 Å². The molecule has 5 nitrogen and oxygen atoms in total. The average Bonchev–Trinajstić information content (AvgIpc) is 3.01. The predicted molar refractivity (Wildman–Crippen MR) is 81.2 cm³/mol. The van der Waals surface area contributed by atoms with Gasteiger partial charge >= 0.3 is 0 Å². The third-order valence-electron chi connectivity index (χ3n) is 3.99. The van der Waals surface area contributed by atoms with Crippen molar-refractivity contribution in [2.45, 2.75) is 31.2 Å². The molecule has 1 aliphatic rings. The molecule has 0 aromatic heterocycles. The van der Waals surface area contributed by atoms with Crippen LogP contribution < -0.4 is 15.4 Å². The monoisotopic (exact) mass is 310 g/mol. The number of amides is 1. The molecule has 1 aliphatic carbocycles. The summed E-state index contributed by atoms with van der Waals surface area (Å²) in [6.07, 6.45) is 3.98. The van der Waals surface area contributed by atoms with Gasteiger partial charge in [0.15, 0.2) is 0 Å². The molecule has 1 saturated carbocycles. The lowest BCUT2D eigenvalue weighted by Crippen LogP contribution is -2.50. The molecule has 0 saturated heterocycles. The Morgan fingerprint density at radius 1 is 1.27 bits per heavy atom. The van der Waals surface area contributed by atoms with Gasteiger partial charge in [-0.25, -0.2) is 4.39 Å². The summed E-state index contributed by atoms with van der Waals surface area (Å²) < 4.78 is 18.1. The minimum Gasteiger partial charge on any atom is -0.492 e. The zero-order valence-electron chi connectivity index (χ0n) is 12.6. The molecule has 1 aromatic carbocycles. The maximum atomic E-state index is 12.7. The number of aliphatic hydroxyl groups excluding tert-OH is 1. The van der Waals surface area contributed by atoms with Gasteiger partial charge in [0, 0.05) is 5.54 Å². The van der Waals surface area contributed by atoms with E-state index in [9.17, 15) is 14.3 Å². The SMILES string of the molecule is O=C(CNC1(CO)CCCC1)NCCOc1ccc(F)cc1. The average molecular weight is 310 g/mol. The number of halogens is 1. The van der Waals surface area contributed by atoms with E-state index in [0.717, 1.165) is 25.7 Å². The fourth-order valence-electron chi connectivity index (χ4n) is 2.66. The number of aliphatic hydroxyl groups is 1. The Kier molecular flexibility index (Phi) is 6.15. The highest BCUT2D eigenvalue weighted by Gasteiger charge is 2.32. The van der Waals surface area contributed by atoms with Crippen LogP contribution in [0.15, 0.2) is 24.3 Å². The van der Waals surface area contributed by atoms with Crippen LogP contribution in [-0.2, 0) is 4.79 Å². The normalized spacial score (nSPS) is 16.5. The van der Waals surface area contributed by atoms with Crippen molar-refractivity contribution >= 4 is 5.91 Å². The van der Waals surface area contributed by atoms with E-state index in [1.165, 1.54) is 12.1 Å². The number of carbonyl (C=O) groups is 1. The van der Waals surface area contributed by atoms with E-state index < -0.39 is 0 Å². The number of nitrogens with one attached hydrogen (secondary N) is 2.